The third-order valence-corrected chi connectivity index (χ3v) is 6.77. The zero-order valence-corrected chi connectivity index (χ0v) is 13.0. The number of sulfone groups is 1. The standard InChI is InChI=1S/C14H22N2O4S/c17-12-3-8-16(11-4-9-21(19,20)10-5-11)13(18)14(15-12)6-1-2-7-14/h11H,1-10H2,(H,15,17). The Hall–Kier alpha value is -1.11. The summed E-state index contributed by atoms with van der Waals surface area (Å²) in [5.74, 6) is 0.248. The zero-order chi connectivity index (χ0) is 15.1. The first kappa shape index (κ1) is 14.8. The second-order valence-corrected chi connectivity index (χ2v) is 8.77. The maximum Gasteiger partial charge on any atom is 0.248 e. The lowest BCUT2D eigenvalue weighted by Crippen LogP contribution is -2.58. The van der Waals surface area contributed by atoms with Gasteiger partial charge in [-0.15, -0.1) is 0 Å². The molecule has 1 saturated carbocycles. The summed E-state index contributed by atoms with van der Waals surface area (Å²) < 4.78 is 23.1. The number of nitrogens with zero attached hydrogens (tertiary/aromatic N) is 1. The molecule has 0 aromatic rings. The van der Waals surface area contributed by atoms with Crippen LogP contribution in [0, 0.1) is 0 Å². The molecule has 2 amide bonds. The smallest absolute Gasteiger partial charge is 0.248 e. The summed E-state index contributed by atoms with van der Waals surface area (Å²) in [6, 6.07) is -0.0359. The Morgan fingerprint density at radius 3 is 2.33 bits per heavy atom. The largest absolute Gasteiger partial charge is 0.342 e. The molecule has 3 rings (SSSR count). The first-order valence-corrected chi connectivity index (χ1v) is 9.57. The molecule has 1 aliphatic carbocycles. The summed E-state index contributed by atoms with van der Waals surface area (Å²) >= 11 is 0. The molecule has 0 radical (unpaired) electrons. The van der Waals surface area contributed by atoms with E-state index in [1.165, 1.54) is 0 Å². The molecule has 2 aliphatic heterocycles. The highest BCUT2D eigenvalue weighted by Crippen LogP contribution is 2.34. The molecule has 0 atom stereocenters. The molecule has 6 nitrogen and oxygen atoms in total. The lowest BCUT2D eigenvalue weighted by molar-refractivity contribution is -0.140. The van der Waals surface area contributed by atoms with E-state index < -0.39 is 15.4 Å². The number of hydrogen-bond acceptors (Lipinski definition) is 4. The minimum Gasteiger partial charge on any atom is -0.342 e. The van der Waals surface area contributed by atoms with E-state index in [-0.39, 0.29) is 29.4 Å². The van der Waals surface area contributed by atoms with Crippen LogP contribution in [-0.2, 0) is 19.4 Å². The maximum atomic E-state index is 12.9. The van der Waals surface area contributed by atoms with Crippen LogP contribution in [0.2, 0.25) is 0 Å². The van der Waals surface area contributed by atoms with Gasteiger partial charge in [0.1, 0.15) is 15.4 Å². The molecule has 0 bridgehead atoms. The Morgan fingerprint density at radius 1 is 1.10 bits per heavy atom. The average Bonchev–Trinajstić information content (AvgIpc) is 2.85. The van der Waals surface area contributed by atoms with Crippen molar-refractivity contribution in [1.29, 1.82) is 0 Å². The molecule has 1 N–H and O–H groups in total. The summed E-state index contributed by atoms with van der Waals surface area (Å²) in [7, 11) is -2.94. The van der Waals surface area contributed by atoms with Crippen molar-refractivity contribution in [3.05, 3.63) is 0 Å². The monoisotopic (exact) mass is 314 g/mol. The van der Waals surface area contributed by atoms with Crippen LogP contribution in [0.5, 0.6) is 0 Å². The summed E-state index contributed by atoms with van der Waals surface area (Å²) in [6.07, 6.45) is 4.64. The van der Waals surface area contributed by atoms with Crippen LogP contribution >= 0.6 is 0 Å². The Kier molecular flexibility index (Phi) is 3.71. The number of carbonyl (C=O) groups excluding carboxylic acids is 2. The number of rotatable bonds is 1. The molecule has 21 heavy (non-hydrogen) atoms. The van der Waals surface area contributed by atoms with E-state index in [9.17, 15) is 18.0 Å². The van der Waals surface area contributed by atoms with Crippen molar-refractivity contribution in [3.8, 4) is 0 Å². The van der Waals surface area contributed by atoms with Crippen molar-refractivity contribution >= 4 is 21.7 Å². The molecule has 3 fully saturated rings. The molecule has 2 heterocycles. The SMILES string of the molecule is O=C1CCN(C2CCS(=O)(=O)CC2)C(=O)C2(CCCC2)N1. The van der Waals surface area contributed by atoms with Crippen LogP contribution < -0.4 is 5.32 Å². The van der Waals surface area contributed by atoms with E-state index in [1.54, 1.807) is 4.90 Å². The molecule has 0 unspecified atom stereocenters. The molecular formula is C14H22N2O4S. The van der Waals surface area contributed by atoms with Crippen LogP contribution in [0.3, 0.4) is 0 Å². The van der Waals surface area contributed by atoms with E-state index >= 15 is 0 Å². The fourth-order valence-corrected chi connectivity index (χ4v) is 5.30. The van der Waals surface area contributed by atoms with Gasteiger partial charge < -0.3 is 10.2 Å². The molecular weight excluding hydrogens is 292 g/mol. The number of carbonyl (C=O) groups is 2. The quantitative estimate of drug-likeness (QED) is 0.751. The summed E-state index contributed by atoms with van der Waals surface area (Å²) in [6.45, 7) is 0.414. The van der Waals surface area contributed by atoms with Gasteiger partial charge in [-0.3, -0.25) is 9.59 Å². The van der Waals surface area contributed by atoms with E-state index in [2.05, 4.69) is 5.32 Å². The van der Waals surface area contributed by atoms with Gasteiger partial charge in [0.25, 0.3) is 0 Å². The lowest BCUT2D eigenvalue weighted by Gasteiger charge is -2.38. The van der Waals surface area contributed by atoms with Crippen molar-refractivity contribution in [3.63, 3.8) is 0 Å². The van der Waals surface area contributed by atoms with Crippen molar-refractivity contribution in [1.82, 2.24) is 10.2 Å². The third-order valence-electron chi connectivity index (χ3n) is 5.05. The van der Waals surface area contributed by atoms with Gasteiger partial charge in [-0.25, -0.2) is 8.42 Å². The van der Waals surface area contributed by atoms with Gasteiger partial charge in [0.05, 0.1) is 11.5 Å². The number of amides is 2. The highest BCUT2D eigenvalue weighted by molar-refractivity contribution is 7.91. The molecule has 1 spiro atoms. The minimum atomic E-state index is -2.94. The highest BCUT2D eigenvalue weighted by atomic mass is 32.2. The molecule has 7 heteroatoms. The second kappa shape index (κ2) is 5.26. The van der Waals surface area contributed by atoms with E-state index in [1.807, 2.05) is 0 Å². The fourth-order valence-electron chi connectivity index (χ4n) is 3.84. The molecule has 0 aromatic heterocycles. The molecule has 2 saturated heterocycles. The Bertz CT molecular complexity index is 537. The zero-order valence-electron chi connectivity index (χ0n) is 12.1. The molecule has 0 aromatic carbocycles. The van der Waals surface area contributed by atoms with Gasteiger partial charge in [0, 0.05) is 19.0 Å². The van der Waals surface area contributed by atoms with Gasteiger partial charge in [0.15, 0.2) is 0 Å². The predicted octanol–water partition coefficient (Wildman–Crippen LogP) is 0.225. The Labute approximate surface area is 125 Å². The molecule has 118 valence electrons. The summed E-state index contributed by atoms with van der Waals surface area (Å²) in [5, 5.41) is 2.94. The van der Waals surface area contributed by atoms with E-state index in [0.717, 1.165) is 12.8 Å². The van der Waals surface area contributed by atoms with E-state index in [0.29, 0.717) is 38.6 Å². The van der Waals surface area contributed by atoms with Crippen LogP contribution in [0.15, 0.2) is 0 Å². The minimum absolute atomic E-state index is 0.00940. The topological polar surface area (TPSA) is 83.6 Å². The first-order valence-electron chi connectivity index (χ1n) is 7.74. The van der Waals surface area contributed by atoms with Crippen LogP contribution in [0.25, 0.3) is 0 Å². The van der Waals surface area contributed by atoms with Crippen molar-refractivity contribution in [2.75, 3.05) is 18.1 Å². The maximum absolute atomic E-state index is 12.9. The van der Waals surface area contributed by atoms with E-state index in [4.69, 9.17) is 0 Å². The van der Waals surface area contributed by atoms with Crippen LogP contribution in [0.4, 0.5) is 0 Å². The molecule has 3 aliphatic rings. The third kappa shape index (κ3) is 2.80. The summed E-state index contributed by atoms with van der Waals surface area (Å²) in [5.41, 5.74) is -0.718. The number of hydrogen-bond donors (Lipinski definition) is 1. The highest BCUT2D eigenvalue weighted by Gasteiger charge is 2.48. The fraction of sp³-hybridized carbons (Fsp3) is 0.857. The van der Waals surface area contributed by atoms with Gasteiger partial charge in [0.2, 0.25) is 11.8 Å². The van der Waals surface area contributed by atoms with Gasteiger partial charge in [-0.1, -0.05) is 12.8 Å². The van der Waals surface area contributed by atoms with Gasteiger partial charge >= 0.3 is 0 Å². The van der Waals surface area contributed by atoms with Crippen molar-refractivity contribution < 1.29 is 18.0 Å². The Balaban J connectivity index is 1.81. The normalized spacial score (nSPS) is 29.4. The van der Waals surface area contributed by atoms with Gasteiger partial charge in [-0.05, 0) is 25.7 Å². The van der Waals surface area contributed by atoms with Crippen LogP contribution in [0.1, 0.15) is 44.9 Å². The summed E-state index contributed by atoms with van der Waals surface area (Å²) in [4.78, 5) is 26.7. The first-order chi connectivity index (χ1) is 9.92. The lowest BCUT2D eigenvalue weighted by atomic mass is 9.94. The van der Waals surface area contributed by atoms with Crippen molar-refractivity contribution in [2.24, 2.45) is 0 Å². The van der Waals surface area contributed by atoms with Crippen LogP contribution in [-0.4, -0.2) is 54.8 Å². The second-order valence-electron chi connectivity index (χ2n) is 6.47. The average molecular weight is 314 g/mol. The number of nitrogens with one attached hydrogen (secondary N) is 1. The van der Waals surface area contributed by atoms with Crippen molar-refractivity contribution in [2.45, 2.75) is 56.5 Å². The Morgan fingerprint density at radius 2 is 1.71 bits per heavy atom. The predicted molar refractivity (Wildman–Crippen MR) is 77.3 cm³/mol. The van der Waals surface area contributed by atoms with Gasteiger partial charge in [-0.2, -0.15) is 0 Å².